The molecule has 0 aliphatic carbocycles. The minimum Gasteiger partial charge on any atom is -0.481 e. The fourth-order valence-electron chi connectivity index (χ4n) is 3.49. The average Bonchev–Trinajstić information content (AvgIpc) is 3.01. The van der Waals surface area contributed by atoms with Crippen molar-refractivity contribution in [3.05, 3.63) is 93.6 Å². The summed E-state index contributed by atoms with van der Waals surface area (Å²) in [5.74, 6) is -0.836. The summed E-state index contributed by atoms with van der Waals surface area (Å²) in [6, 6.07) is 21.4. The number of rotatable bonds is 5. The highest BCUT2D eigenvalue weighted by Gasteiger charge is 2.15. The van der Waals surface area contributed by atoms with Crippen molar-refractivity contribution in [2.24, 2.45) is 0 Å². The Hall–Kier alpha value is -2.75. The van der Waals surface area contributed by atoms with Gasteiger partial charge >= 0.3 is 5.97 Å². The molecule has 28 heavy (non-hydrogen) atoms. The van der Waals surface area contributed by atoms with Gasteiger partial charge in [0.05, 0.1) is 16.5 Å². The summed E-state index contributed by atoms with van der Waals surface area (Å²) in [5, 5.41) is 11.3. The molecule has 0 bridgehead atoms. The zero-order valence-corrected chi connectivity index (χ0v) is 16.4. The van der Waals surface area contributed by atoms with E-state index in [4.69, 9.17) is 23.2 Å². The van der Waals surface area contributed by atoms with Crippen LogP contribution >= 0.6 is 23.2 Å². The highest BCUT2D eigenvalue weighted by molar-refractivity contribution is 6.43. The van der Waals surface area contributed by atoms with Gasteiger partial charge in [0.25, 0.3) is 0 Å². The van der Waals surface area contributed by atoms with Crippen molar-refractivity contribution in [3.63, 3.8) is 0 Å². The number of fused-ring (bicyclic) bond motifs is 1. The van der Waals surface area contributed by atoms with Gasteiger partial charge in [0.2, 0.25) is 0 Å². The van der Waals surface area contributed by atoms with Crippen LogP contribution in [0.15, 0.2) is 66.7 Å². The number of hydrogen-bond donors (Lipinski definition) is 2. The van der Waals surface area contributed by atoms with E-state index >= 15 is 0 Å². The summed E-state index contributed by atoms with van der Waals surface area (Å²) in [6.45, 7) is 0. The SMILES string of the molecule is O=C(O)Cc1c(Cc2ccc(-c3cccc(Cl)c3Cl)cc2)[nH]c2ccccc12. The number of carbonyl (C=O) groups is 1. The Morgan fingerprint density at radius 2 is 1.68 bits per heavy atom. The van der Waals surface area contributed by atoms with E-state index < -0.39 is 5.97 Å². The van der Waals surface area contributed by atoms with Gasteiger partial charge in [-0.1, -0.05) is 77.8 Å². The molecule has 0 radical (unpaired) electrons. The lowest BCUT2D eigenvalue weighted by atomic mass is 9.99. The average molecular weight is 410 g/mol. The van der Waals surface area contributed by atoms with Crippen LogP contribution in [0.4, 0.5) is 0 Å². The van der Waals surface area contributed by atoms with E-state index in [1.807, 2.05) is 60.7 Å². The Morgan fingerprint density at radius 1 is 0.929 bits per heavy atom. The van der Waals surface area contributed by atoms with Crippen LogP contribution in [0.2, 0.25) is 10.0 Å². The van der Waals surface area contributed by atoms with Gasteiger partial charge in [-0.2, -0.15) is 0 Å². The molecule has 3 aromatic carbocycles. The summed E-state index contributed by atoms with van der Waals surface area (Å²) >= 11 is 12.4. The second-order valence-corrected chi connectivity index (χ2v) is 7.46. The Kier molecular flexibility index (Phi) is 5.12. The zero-order chi connectivity index (χ0) is 19.7. The molecule has 3 nitrogen and oxygen atoms in total. The largest absolute Gasteiger partial charge is 0.481 e. The quantitative estimate of drug-likeness (QED) is 0.402. The Labute approximate surface area is 172 Å². The summed E-state index contributed by atoms with van der Waals surface area (Å²) in [5.41, 5.74) is 5.68. The number of para-hydroxylation sites is 1. The molecule has 0 aliphatic heterocycles. The van der Waals surface area contributed by atoms with E-state index in [2.05, 4.69) is 4.98 Å². The normalized spacial score (nSPS) is 11.1. The van der Waals surface area contributed by atoms with Crippen molar-refractivity contribution in [1.82, 2.24) is 4.98 Å². The molecule has 0 atom stereocenters. The van der Waals surface area contributed by atoms with E-state index in [1.54, 1.807) is 6.07 Å². The molecule has 1 heterocycles. The molecule has 0 saturated carbocycles. The van der Waals surface area contributed by atoms with Crippen LogP contribution in [0.1, 0.15) is 16.8 Å². The molecule has 5 heteroatoms. The Bertz CT molecular complexity index is 1160. The second-order valence-electron chi connectivity index (χ2n) is 6.67. The first-order chi connectivity index (χ1) is 13.5. The van der Waals surface area contributed by atoms with Gasteiger partial charge in [-0.05, 0) is 28.8 Å². The standard InChI is InChI=1S/C23H17Cl2NO2/c24-19-6-3-5-16(23(19)25)15-10-8-14(9-11-15)12-21-18(13-22(27)28)17-4-1-2-7-20(17)26-21/h1-11,26H,12-13H2,(H,27,28). The molecule has 0 aliphatic rings. The van der Waals surface area contributed by atoms with Crippen molar-refractivity contribution in [1.29, 1.82) is 0 Å². The predicted octanol–water partition coefficient (Wildman–Crippen LogP) is 6.36. The molecule has 0 saturated heterocycles. The molecule has 1 aromatic heterocycles. The summed E-state index contributed by atoms with van der Waals surface area (Å²) in [7, 11) is 0. The summed E-state index contributed by atoms with van der Waals surface area (Å²) in [6.07, 6.45) is 0.621. The molecule has 0 spiro atoms. The molecule has 140 valence electrons. The van der Waals surface area contributed by atoms with Crippen LogP contribution in [-0.2, 0) is 17.6 Å². The number of H-pyrrole nitrogens is 1. The number of halogens is 2. The number of aliphatic carboxylic acids is 1. The Morgan fingerprint density at radius 3 is 2.43 bits per heavy atom. The summed E-state index contributed by atoms with van der Waals surface area (Å²) < 4.78 is 0. The number of carboxylic acid groups (broad SMARTS) is 1. The van der Waals surface area contributed by atoms with Crippen molar-refractivity contribution in [2.75, 3.05) is 0 Å². The molecule has 4 aromatic rings. The number of nitrogens with one attached hydrogen (secondary N) is 1. The van der Waals surface area contributed by atoms with E-state index in [-0.39, 0.29) is 6.42 Å². The van der Waals surface area contributed by atoms with Crippen LogP contribution in [0, 0.1) is 0 Å². The molecular formula is C23H17Cl2NO2. The molecule has 4 rings (SSSR count). The van der Waals surface area contributed by atoms with E-state index in [9.17, 15) is 9.90 Å². The Balaban J connectivity index is 1.66. The molecule has 0 unspecified atom stereocenters. The topological polar surface area (TPSA) is 53.1 Å². The molecule has 0 amide bonds. The zero-order valence-electron chi connectivity index (χ0n) is 14.9. The fourth-order valence-corrected chi connectivity index (χ4v) is 3.90. The number of benzene rings is 3. The van der Waals surface area contributed by atoms with Gasteiger partial charge in [0, 0.05) is 28.6 Å². The van der Waals surface area contributed by atoms with E-state index in [0.29, 0.717) is 16.5 Å². The monoisotopic (exact) mass is 409 g/mol. The third-order valence-corrected chi connectivity index (χ3v) is 5.65. The van der Waals surface area contributed by atoms with E-state index in [1.165, 1.54) is 0 Å². The molecule has 0 fully saturated rings. The minimum absolute atomic E-state index is 0.00441. The van der Waals surface area contributed by atoms with Gasteiger partial charge < -0.3 is 10.1 Å². The smallest absolute Gasteiger partial charge is 0.307 e. The third-order valence-electron chi connectivity index (χ3n) is 4.83. The molecule has 2 N–H and O–H groups in total. The van der Waals surface area contributed by atoms with Crippen molar-refractivity contribution < 1.29 is 9.90 Å². The number of hydrogen-bond acceptors (Lipinski definition) is 1. The second kappa shape index (κ2) is 7.70. The number of aromatic nitrogens is 1. The molecular weight excluding hydrogens is 393 g/mol. The number of aromatic amines is 1. The third kappa shape index (κ3) is 3.64. The van der Waals surface area contributed by atoms with Crippen molar-refractivity contribution in [3.8, 4) is 11.1 Å². The maximum atomic E-state index is 11.3. The van der Waals surface area contributed by atoms with Crippen molar-refractivity contribution >= 4 is 40.1 Å². The van der Waals surface area contributed by atoms with Gasteiger partial charge in [0.15, 0.2) is 0 Å². The maximum absolute atomic E-state index is 11.3. The van der Waals surface area contributed by atoms with Crippen LogP contribution in [0.5, 0.6) is 0 Å². The van der Waals surface area contributed by atoms with Gasteiger partial charge in [-0.3, -0.25) is 4.79 Å². The lowest BCUT2D eigenvalue weighted by Crippen LogP contribution is -2.03. The minimum atomic E-state index is -0.836. The first-order valence-electron chi connectivity index (χ1n) is 8.86. The maximum Gasteiger partial charge on any atom is 0.307 e. The lowest BCUT2D eigenvalue weighted by Gasteiger charge is -2.08. The van der Waals surface area contributed by atoms with Gasteiger partial charge in [-0.25, -0.2) is 0 Å². The summed E-state index contributed by atoms with van der Waals surface area (Å²) in [4.78, 5) is 14.7. The van der Waals surface area contributed by atoms with Crippen LogP contribution in [0.25, 0.3) is 22.0 Å². The van der Waals surface area contributed by atoms with Crippen LogP contribution in [0.3, 0.4) is 0 Å². The van der Waals surface area contributed by atoms with Crippen LogP contribution < -0.4 is 0 Å². The van der Waals surface area contributed by atoms with Crippen molar-refractivity contribution in [2.45, 2.75) is 12.8 Å². The van der Waals surface area contributed by atoms with Gasteiger partial charge in [-0.15, -0.1) is 0 Å². The first-order valence-corrected chi connectivity index (χ1v) is 9.62. The first kappa shape index (κ1) is 18.6. The number of carboxylic acids is 1. The fraction of sp³-hybridized carbons (Fsp3) is 0.0870. The highest BCUT2D eigenvalue weighted by Crippen LogP contribution is 2.33. The van der Waals surface area contributed by atoms with Gasteiger partial charge in [0.1, 0.15) is 0 Å². The highest BCUT2D eigenvalue weighted by atomic mass is 35.5. The van der Waals surface area contributed by atoms with E-state index in [0.717, 1.165) is 38.9 Å². The predicted molar refractivity (Wildman–Crippen MR) is 114 cm³/mol. The van der Waals surface area contributed by atoms with Crippen LogP contribution in [-0.4, -0.2) is 16.1 Å². The lowest BCUT2D eigenvalue weighted by molar-refractivity contribution is -0.136.